The summed E-state index contributed by atoms with van der Waals surface area (Å²) in [6.07, 6.45) is 3.06. The average Bonchev–Trinajstić information content (AvgIpc) is 3.32. The van der Waals surface area contributed by atoms with Gasteiger partial charge in [0.25, 0.3) is 0 Å². The van der Waals surface area contributed by atoms with Crippen LogP contribution < -0.4 is 15.5 Å². The number of pyridine rings is 2. The molecule has 3 aromatic rings. The molecule has 0 saturated carbocycles. The van der Waals surface area contributed by atoms with Crippen LogP contribution in [0.4, 0.5) is 11.5 Å². The van der Waals surface area contributed by atoms with Crippen LogP contribution in [0.15, 0.2) is 48.7 Å². The monoisotopic (exact) mass is 389 g/mol. The van der Waals surface area contributed by atoms with E-state index in [4.69, 9.17) is 9.72 Å². The molecule has 29 heavy (non-hydrogen) atoms. The fourth-order valence-electron chi connectivity index (χ4n) is 4.15. The van der Waals surface area contributed by atoms with E-state index in [1.807, 2.05) is 12.3 Å². The molecule has 2 aliphatic rings. The molecule has 5 rings (SSSR count). The average molecular weight is 390 g/mol. The van der Waals surface area contributed by atoms with E-state index < -0.39 is 0 Å². The van der Waals surface area contributed by atoms with Crippen molar-refractivity contribution in [3.63, 3.8) is 0 Å². The molecule has 0 amide bonds. The molecule has 0 radical (unpaired) electrons. The molecule has 1 aromatic carbocycles. The molecule has 2 aromatic heterocycles. The Morgan fingerprint density at radius 2 is 2.00 bits per heavy atom. The highest BCUT2D eigenvalue weighted by atomic mass is 16.5. The largest absolute Gasteiger partial charge is 0.378 e. The van der Waals surface area contributed by atoms with Gasteiger partial charge in [0.1, 0.15) is 5.82 Å². The van der Waals surface area contributed by atoms with E-state index in [0.29, 0.717) is 5.92 Å². The third-order valence-electron chi connectivity index (χ3n) is 5.86. The van der Waals surface area contributed by atoms with Crippen LogP contribution in [0, 0.1) is 5.92 Å². The first kappa shape index (κ1) is 18.3. The van der Waals surface area contributed by atoms with Crippen LogP contribution >= 0.6 is 0 Å². The molecular formula is C23H27N5O. The van der Waals surface area contributed by atoms with E-state index in [2.05, 4.69) is 56.9 Å². The van der Waals surface area contributed by atoms with Gasteiger partial charge in [0.15, 0.2) is 0 Å². The summed E-state index contributed by atoms with van der Waals surface area (Å²) in [7, 11) is 0. The lowest BCUT2D eigenvalue weighted by Crippen LogP contribution is -2.36. The maximum Gasteiger partial charge on any atom is 0.136 e. The van der Waals surface area contributed by atoms with Crippen molar-refractivity contribution in [2.75, 3.05) is 56.2 Å². The summed E-state index contributed by atoms with van der Waals surface area (Å²) in [6.45, 7) is 6.60. The Morgan fingerprint density at radius 3 is 2.79 bits per heavy atom. The number of hydrogen-bond donors (Lipinski definition) is 2. The predicted octanol–water partition coefficient (Wildman–Crippen LogP) is 3.15. The van der Waals surface area contributed by atoms with Gasteiger partial charge in [-0.15, -0.1) is 0 Å². The summed E-state index contributed by atoms with van der Waals surface area (Å²) in [4.78, 5) is 11.9. The lowest BCUT2D eigenvalue weighted by molar-refractivity contribution is 0.122. The predicted molar refractivity (Wildman–Crippen MR) is 117 cm³/mol. The molecular weight excluding hydrogens is 362 g/mol. The number of ether oxygens (including phenoxy) is 1. The number of morpholine rings is 1. The van der Waals surface area contributed by atoms with Gasteiger partial charge in [-0.1, -0.05) is 12.1 Å². The van der Waals surface area contributed by atoms with Crippen molar-refractivity contribution in [2.45, 2.75) is 6.42 Å². The van der Waals surface area contributed by atoms with Crippen LogP contribution in [-0.2, 0) is 4.74 Å². The fraction of sp³-hybridized carbons (Fsp3) is 0.391. The number of fused-ring (bicyclic) bond motifs is 1. The summed E-state index contributed by atoms with van der Waals surface area (Å²) in [5.74, 6) is 1.58. The van der Waals surface area contributed by atoms with Crippen molar-refractivity contribution in [1.29, 1.82) is 0 Å². The third kappa shape index (κ3) is 4.04. The van der Waals surface area contributed by atoms with Crippen LogP contribution in [0.1, 0.15) is 6.42 Å². The molecule has 2 fully saturated rings. The Morgan fingerprint density at radius 1 is 1.14 bits per heavy atom. The third-order valence-corrected chi connectivity index (χ3v) is 5.86. The van der Waals surface area contributed by atoms with Crippen LogP contribution in [0.25, 0.3) is 22.2 Å². The standard InChI is InChI=1S/C23H27N5O/c1-2-20-22(25-8-1)14-21(27-23(20)26-16-17-7-9-24-15-17)18-3-5-19(6-4-18)28-10-12-29-13-11-28/h1-6,8,14,17,24H,7,9-13,15-16H2,(H,26,27)/t17-/m0/s1. The Kier molecular flexibility index (Phi) is 5.28. The van der Waals surface area contributed by atoms with Crippen molar-refractivity contribution < 1.29 is 4.74 Å². The quantitative estimate of drug-likeness (QED) is 0.699. The maximum absolute atomic E-state index is 5.46. The number of nitrogens with one attached hydrogen (secondary N) is 2. The second kappa shape index (κ2) is 8.35. The first-order chi connectivity index (χ1) is 14.4. The van der Waals surface area contributed by atoms with Gasteiger partial charge in [0.05, 0.1) is 24.4 Å². The molecule has 0 bridgehead atoms. The van der Waals surface area contributed by atoms with Crippen molar-refractivity contribution in [3.05, 3.63) is 48.7 Å². The lowest BCUT2D eigenvalue weighted by atomic mass is 10.1. The van der Waals surface area contributed by atoms with E-state index in [-0.39, 0.29) is 0 Å². The van der Waals surface area contributed by atoms with Crippen molar-refractivity contribution in [2.24, 2.45) is 5.92 Å². The van der Waals surface area contributed by atoms with E-state index in [9.17, 15) is 0 Å². The zero-order chi connectivity index (χ0) is 19.5. The zero-order valence-electron chi connectivity index (χ0n) is 16.6. The molecule has 150 valence electrons. The minimum atomic E-state index is 0.653. The second-order valence-electron chi connectivity index (χ2n) is 7.81. The first-order valence-electron chi connectivity index (χ1n) is 10.5. The molecule has 4 heterocycles. The van der Waals surface area contributed by atoms with E-state index >= 15 is 0 Å². The summed E-state index contributed by atoms with van der Waals surface area (Å²) in [5.41, 5.74) is 4.28. The number of aromatic nitrogens is 2. The van der Waals surface area contributed by atoms with E-state index in [1.54, 1.807) is 0 Å². The van der Waals surface area contributed by atoms with Crippen LogP contribution in [0.5, 0.6) is 0 Å². The highest BCUT2D eigenvalue weighted by Gasteiger charge is 2.16. The maximum atomic E-state index is 5.46. The second-order valence-corrected chi connectivity index (χ2v) is 7.81. The summed E-state index contributed by atoms with van der Waals surface area (Å²) in [5, 5.41) is 8.10. The molecule has 2 aliphatic heterocycles. The van der Waals surface area contributed by atoms with Crippen LogP contribution in [0.3, 0.4) is 0 Å². The summed E-state index contributed by atoms with van der Waals surface area (Å²) in [6, 6.07) is 14.8. The number of hydrogen-bond acceptors (Lipinski definition) is 6. The molecule has 2 saturated heterocycles. The Bertz CT molecular complexity index is 963. The van der Waals surface area contributed by atoms with Gasteiger partial charge in [-0.25, -0.2) is 4.98 Å². The fourth-order valence-corrected chi connectivity index (χ4v) is 4.15. The Balaban J connectivity index is 1.43. The van der Waals surface area contributed by atoms with Gasteiger partial charge in [0.2, 0.25) is 0 Å². The van der Waals surface area contributed by atoms with Gasteiger partial charge < -0.3 is 20.3 Å². The van der Waals surface area contributed by atoms with E-state index in [1.165, 1.54) is 12.1 Å². The minimum Gasteiger partial charge on any atom is -0.378 e. The number of rotatable bonds is 5. The Labute approximate surface area is 171 Å². The first-order valence-corrected chi connectivity index (χ1v) is 10.5. The van der Waals surface area contributed by atoms with Crippen molar-refractivity contribution >= 4 is 22.4 Å². The van der Waals surface area contributed by atoms with Gasteiger partial charge in [0, 0.05) is 42.5 Å². The summed E-state index contributed by atoms with van der Waals surface area (Å²) < 4.78 is 5.46. The van der Waals surface area contributed by atoms with Gasteiger partial charge in [-0.3, -0.25) is 4.98 Å². The van der Waals surface area contributed by atoms with Gasteiger partial charge in [-0.2, -0.15) is 0 Å². The molecule has 0 aliphatic carbocycles. The lowest BCUT2D eigenvalue weighted by Gasteiger charge is -2.28. The smallest absolute Gasteiger partial charge is 0.136 e. The number of anilines is 2. The van der Waals surface area contributed by atoms with Crippen LogP contribution in [-0.4, -0.2) is 55.9 Å². The SMILES string of the molecule is c1cnc2cc(-c3ccc(N4CCOCC4)cc3)nc(NC[C@H]3CCNC3)c2c1. The normalized spacial score (nSPS) is 19.6. The molecule has 2 N–H and O–H groups in total. The van der Waals surface area contributed by atoms with Crippen molar-refractivity contribution in [3.8, 4) is 11.3 Å². The minimum absolute atomic E-state index is 0.653. The van der Waals surface area contributed by atoms with Gasteiger partial charge >= 0.3 is 0 Å². The molecule has 0 unspecified atom stereocenters. The number of nitrogens with zero attached hydrogens (tertiary/aromatic N) is 3. The highest BCUT2D eigenvalue weighted by molar-refractivity contribution is 5.92. The van der Waals surface area contributed by atoms with E-state index in [0.717, 1.165) is 73.9 Å². The summed E-state index contributed by atoms with van der Waals surface area (Å²) >= 11 is 0. The Hall–Kier alpha value is -2.70. The molecule has 1 atom stereocenters. The highest BCUT2D eigenvalue weighted by Crippen LogP contribution is 2.28. The van der Waals surface area contributed by atoms with Crippen LogP contribution in [0.2, 0.25) is 0 Å². The number of benzene rings is 1. The van der Waals surface area contributed by atoms with Gasteiger partial charge in [-0.05, 0) is 55.8 Å². The molecule has 6 nitrogen and oxygen atoms in total. The molecule has 6 heteroatoms. The zero-order valence-corrected chi connectivity index (χ0v) is 16.6. The van der Waals surface area contributed by atoms with Crippen molar-refractivity contribution in [1.82, 2.24) is 15.3 Å². The topological polar surface area (TPSA) is 62.3 Å². The molecule has 0 spiro atoms.